The molecule has 1 N–H and O–H groups in total. The fourth-order valence-electron chi connectivity index (χ4n) is 2.50. The zero-order valence-corrected chi connectivity index (χ0v) is 8.49. The summed E-state index contributed by atoms with van der Waals surface area (Å²) in [7, 11) is 0. The van der Waals surface area contributed by atoms with E-state index in [1.807, 2.05) is 24.4 Å². The molecule has 1 aromatic rings. The first-order valence-electron chi connectivity index (χ1n) is 5.45. The average molecular weight is 199 g/mol. The summed E-state index contributed by atoms with van der Waals surface area (Å²) in [6.07, 6.45) is 4.83. The summed E-state index contributed by atoms with van der Waals surface area (Å²) in [4.78, 5) is 11.9. The van der Waals surface area contributed by atoms with Gasteiger partial charge in [-0.25, -0.2) is 0 Å². The number of carbonyl (C=O) groups is 1. The molecule has 1 aliphatic carbocycles. The maximum absolute atomic E-state index is 11.9. The third-order valence-corrected chi connectivity index (χ3v) is 3.24. The smallest absolute Gasteiger partial charge is 0.161 e. The Bertz CT molecular complexity index is 530. The van der Waals surface area contributed by atoms with Gasteiger partial charge in [-0.15, -0.1) is 0 Å². The SMILES string of the molecule is O=C1CCCC2NC=c3ccccc3=C12. The normalized spacial score (nSPS) is 23.6. The summed E-state index contributed by atoms with van der Waals surface area (Å²) >= 11 is 0. The van der Waals surface area contributed by atoms with Gasteiger partial charge < -0.3 is 5.32 Å². The first-order chi connectivity index (χ1) is 7.36. The third-order valence-electron chi connectivity index (χ3n) is 3.24. The predicted octanol–water partition coefficient (Wildman–Crippen LogP) is 0.300. The lowest BCUT2D eigenvalue weighted by Crippen LogP contribution is -2.46. The Morgan fingerprint density at radius 3 is 3.07 bits per heavy atom. The highest BCUT2D eigenvalue weighted by Crippen LogP contribution is 2.21. The number of hydrogen-bond donors (Lipinski definition) is 1. The van der Waals surface area contributed by atoms with Crippen LogP contribution in [0.3, 0.4) is 0 Å². The van der Waals surface area contributed by atoms with E-state index in [4.69, 9.17) is 0 Å². The highest BCUT2D eigenvalue weighted by atomic mass is 16.1. The zero-order chi connectivity index (χ0) is 10.3. The van der Waals surface area contributed by atoms with Crippen molar-refractivity contribution in [3.05, 3.63) is 34.7 Å². The van der Waals surface area contributed by atoms with Crippen LogP contribution in [-0.2, 0) is 4.79 Å². The van der Waals surface area contributed by atoms with Crippen LogP contribution in [0.2, 0.25) is 0 Å². The van der Waals surface area contributed by atoms with Gasteiger partial charge in [0.25, 0.3) is 0 Å². The van der Waals surface area contributed by atoms with E-state index in [1.54, 1.807) is 0 Å². The van der Waals surface area contributed by atoms with Gasteiger partial charge in [0.15, 0.2) is 5.78 Å². The van der Waals surface area contributed by atoms with Gasteiger partial charge in [0.2, 0.25) is 0 Å². The molecule has 1 unspecified atom stereocenters. The largest absolute Gasteiger partial charge is 0.383 e. The molecule has 0 saturated heterocycles. The number of ketones is 1. The van der Waals surface area contributed by atoms with E-state index in [-0.39, 0.29) is 6.04 Å². The van der Waals surface area contributed by atoms with Crippen LogP contribution in [0.15, 0.2) is 24.3 Å². The maximum atomic E-state index is 11.9. The summed E-state index contributed by atoms with van der Waals surface area (Å²) in [6.45, 7) is 0. The number of carbonyl (C=O) groups excluding carboxylic acids is 1. The van der Waals surface area contributed by atoms with Crippen LogP contribution in [0.25, 0.3) is 11.8 Å². The lowest BCUT2D eigenvalue weighted by molar-refractivity contribution is -0.114. The van der Waals surface area contributed by atoms with Crippen molar-refractivity contribution in [3.63, 3.8) is 0 Å². The minimum atomic E-state index is 0.251. The third kappa shape index (κ3) is 1.29. The molecule has 1 aliphatic heterocycles. The Balaban J connectivity index is 2.34. The van der Waals surface area contributed by atoms with Gasteiger partial charge in [-0.3, -0.25) is 4.79 Å². The van der Waals surface area contributed by atoms with Gasteiger partial charge >= 0.3 is 0 Å². The summed E-state index contributed by atoms with van der Waals surface area (Å²) in [5, 5.41) is 5.59. The van der Waals surface area contributed by atoms with Crippen molar-refractivity contribution in [3.8, 4) is 0 Å². The fourth-order valence-corrected chi connectivity index (χ4v) is 2.50. The molecule has 0 spiro atoms. The van der Waals surface area contributed by atoms with E-state index >= 15 is 0 Å². The molecule has 0 aromatic heterocycles. The number of nitrogens with one attached hydrogen (secondary N) is 1. The van der Waals surface area contributed by atoms with Gasteiger partial charge in [-0.1, -0.05) is 24.3 Å². The molecule has 1 saturated carbocycles. The molecule has 1 heterocycles. The first kappa shape index (κ1) is 8.72. The van der Waals surface area contributed by atoms with Crippen molar-refractivity contribution in [2.45, 2.75) is 25.3 Å². The number of rotatable bonds is 0. The van der Waals surface area contributed by atoms with E-state index in [9.17, 15) is 4.79 Å². The fraction of sp³-hybridized carbons (Fsp3) is 0.308. The zero-order valence-electron chi connectivity index (χ0n) is 8.49. The van der Waals surface area contributed by atoms with Crippen LogP contribution in [0, 0.1) is 0 Å². The maximum Gasteiger partial charge on any atom is 0.161 e. The van der Waals surface area contributed by atoms with E-state index in [2.05, 4.69) is 11.4 Å². The Kier molecular flexibility index (Phi) is 1.88. The molecular weight excluding hydrogens is 186 g/mol. The lowest BCUT2D eigenvalue weighted by atomic mass is 9.86. The second kappa shape index (κ2) is 3.23. The molecule has 2 heteroatoms. The molecule has 2 nitrogen and oxygen atoms in total. The van der Waals surface area contributed by atoms with Gasteiger partial charge in [0.1, 0.15) is 0 Å². The number of fused-ring (bicyclic) bond motifs is 2. The molecular formula is C13H13NO. The predicted molar refractivity (Wildman–Crippen MR) is 59.3 cm³/mol. The quantitative estimate of drug-likeness (QED) is 0.651. The van der Waals surface area contributed by atoms with Crippen LogP contribution in [-0.4, -0.2) is 11.8 Å². The first-order valence-corrected chi connectivity index (χ1v) is 5.45. The second-order valence-corrected chi connectivity index (χ2v) is 4.18. The number of hydrogen-bond acceptors (Lipinski definition) is 2. The van der Waals surface area contributed by atoms with Gasteiger partial charge in [-0.05, 0) is 23.3 Å². The van der Waals surface area contributed by atoms with Crippen LogP contribution in [0.4, 0.5) is 0 Å². The Morgan fingerprint density at radius 1 is 1.27 bits per heavy atom. The summed E-state index contributed by atoms with van der Waals surface area (Å²) in [6, 6.07) is 8.36. The van der Waals surface area contributed by atoms with Crippen LogP contribution < -0.4 is 15.8 Å². The Hall–Kier alpha value is -1.57. The molecule has 1 fully saturated rings. The van der Waals surface area contributed by atoms with Crippen molar-refractivity contribution in [1.29, 1.82) is 0 Å². The van der Waals surface area contributed by atoms with Crippen LogP contribution in [0.1, 0.15) is 19.3 Å². The molecule has 1 atom stereocenters. The van der Waals surface area contributed by atoms with E-state index in [0.29, 0.717) is 12.2 Å². The Labute approximate surface area is 88.3 Å². The monoisotopic (exact) mass is 199 g/mol. The highest BCUT2D eigenvalue weighted by Gasteiger charge is 2.26. The molecule has 1 aromatic carbocycles. The average Bonchev–Trinajstić information content (AvgIpc) is 2.29. The van der Waals surface area contributed by atoms with Crippen LogP contribution in [0.5, 0.6) is 0 Å². The molecule has 0 radical (unpaired) electrons. The number of benzene rings is 1. The lowest BCUT2D eigenvalue weighted by Gasteiger charge is -2.27. The number of Topliss-reactive ketones (excluding diaryl/α,β-unsaturated/α-hetero) is 1. The van der Waals surface area contributed by atoms with E-state index < -0.39 is 0 Å². The molecule has 76 valence electrons. The van der Waals surface area contributed by atoms with Gasteiger partial charge in [0, 0.05) is 18.2 Å². The molecule has 3 rings (SSSR count). The summed E-state index contributed by atoms with van der Waals surface area (Å²) in [5.74, 6) is 0.319. The minimum absolute atomic E-state index is 0.251. The van der Waals surface area contributed by atoms with Gasteiger partial charge in [0.05, 0.1) is 6.04 Å². The van der Waals surface area contributed by atoms with E-state index in [1.165, 1.54) is 0 Å². The van der Waals surface area contributed by atoms with Crippen LogP contribution >= 0.6 is 0 Å². The van der Waals surface area contributed by atoms with Crippen molar-refractivity contribution < 1.29 is 4.79 Å². The summed E-state index contributed by atoms with van der Waals surface area (Å²) < 4.78 is 0. The summed E-state index contributed by atoms with van der Waals surface area (Å²) in [5.41, 5.74) is 0.999. The second-order valence-electron chi connectivity index (χ2n) is 4.18. The highest BCUT2D eigenvalue weighted by molar-refractivity contribution is 6.17. The van der Waals surface area contributed by atoms with Gasteiger partial charge in [-0.2, -0.15) is 0 Å². The van der Waals surface area contributed by atoms with Crippen molar-refractivity contribution in [2.24, 2.45) is 0 Å². The van der Waals surface area contributed by atoms with E-state index in [0.717, 1.165) is 28.9 Å². The van der Waals surface area contributed by atoms with Crippen molar-refractivity contribution in [1.82, 2.24) is 5.32 Å². The van der Waals surface area contributed by atoms with Crippen molar-refractivity contribution >= 4 is 17.6 Å². The standard InChI is InChI=1S/C13H13NO/c15-12-7-3-6-11-13(12)10-5-2-1-4-9(10)8-14-11/h1-2,4-5,8,11,14H,3,6-7H2. The molecule has 15 heavy (non-hydrogen) atoms. The minimum Gasteiger partial charge on any atom is -0.383 e. The Morgan fingerprint density at radius 2 is 2.13 bits per heavy atom. The molecule has 2 aliphatic rings. The molecule has 0 bridgehead atoms. The van der Waals surface area contributed by atoms with Crippen molar-refractivity contribution in [2.75, 3.05) is 0 Å². The topological polar surface area (TPSA) is 29.1 Å². The molecule has 0 amide bonds.